The van der Waals surface area contributed by atoms with Gasteiger partial charge in [-0.05, 0) is 19.2 Å². The van der Waals surface area contributed by atoms with E-state index in [1.807, 2.05) is 0 Å². The van der Waals surface area contributed by atoms with E-state index in [9.17, 15) is 14.9 Å². The van der Waals surface area contributed by atoms with E-state index in [4.69, 9.17) is 16.3 Å². The molecule has 0 bridgehead atoms. The molecule has 2 unspecified atom stereocenters. The lowest BCUT2D eigenvalue weighted by atomic mass is 9.80. The SMILES string of the molecule is CN1CCN(CCNC(=O)C2(c3ccccc3Cl)N=COC2c2ccccc2[N+](=O)[O-])CC1. The van der Waals surface area contributed by atoms with Gasteiger partial charge in [-0.3, -0.25) is 19.8 Å². The molecule has 1 amide bonds. The molecule has 2 aliphatic rings. The first-order valence-corrected chi connectivity index (χ1v) is 11.2. The van der Waals surface area contributed by atoms with Crippen molar-refractivity contribution >= 4 is 29.6 Å². The number of hydrogen-bond donors (Lipinski definition) is 1. The van der Waals surface area contributed by atoms with Crippen LogP contribution in [-0.4, -0.2) is 73.3 Å². The van der Waals surface area contributed by atoms with Gasteiger partial charge in [0.2, 0.25) is 5.54 Å². The number of likely N-dealkylation sites (N-methyl/N-ethyl adjacent to an activating group) is 1. The summed E-state index contributed by atoms with van der Waals surface area (Å²) in [4.78, 5) is 33.9. The van der Waals surface area contributed by atoms with Crippen LogP contribution in [0.15, 0.2) is 53.5 Å². The summed E-state index contributed by atoms with van der Waals surface area (Å²) in [7, 11) is 2.09. The largest absolute Gasteiger partial charge is 0.472 e. The molecule has 2 aromatic rings. The molecular formula is C23H26ClN5O4. The molecule has 2 heterocycles. The van der Waals surface area contributed by atoms with Crippen LogP contribution in [0.25, 0.3) is 0 Å². The predicted molar refractivity (Wildman–Crippen MR) is 125 cm³/mol. The highest BCUT2D eigenvalue weighted by molar-refractivity contribution is 6.31. The lowest BCUT2D eigenvalue weighted by molar-refractivity contribution is -0.386. The number of ether oxygens (including phenoxy) is 1. The van der Waals surface area contributed by atoms with Crippen LogP contribution in [0.1, 0.15) is 17.2 Å². The number of carbonyl (C=O) groups is 1. The van der Waals surface area contributed by atoms with E-state index in [1.165, 1.54) is 12.5 Å². The number of nitro groups is 1. The van der Waals surface area contributed by atoms with Gasteiger partial charge in [0.1, 0.15) is 0 Å². The Morgan fingerprint density at radius 3 is 2.64 bits per heavy atom. The number of carbonyl (C=O) groups excluding carboxylic acids is 1. The van der Waals surface area contributed by atoms with Crippen molar-refractivity contribution in [3.63, 3.8) is 0 Å². The zero-order chi connectivity index (χ0) is 23.4. The number of amides is 1. The molecule has 1 N–H and O–H groups in total. The first-order valence-electron chi connectivity index (χ1n) is 10.8. The average molecular weight is 472 g/mol. The minimum Gasteiger partial charge on any atom is -0.472 e. The minimum atomic E-state index is -1.59. The fraction of sp³-hybridized carbons (Fsp3) is 0.391. The fourth-order valence-corrected chi connectivity index (χ4v) is 4.61. The maximum Gasteiger partial charge on any atom is 0.276 e. The Hall–Kier alpha value is -3.01. The number of rotatable bonds is 7. The van der Waals surface area contributed by atoms with Gasteiger partial charge in [-0.15, -0.1) is 0 Å². The number of nitrogens with zero attached hydrogens (tertiary/aromatic N) is 4. The first kappa shape index (κ1) is 23.2. The fourth-order valence-electron chi connectivity index (χ4n) is 4.33. The standard InChI is InChI=1S/C23H26ClN5O4/c1-27-12-14-28(15-13-27)11-10-25-22(30)23(18-7-3-4-8-19(18)24)21(33-16-26-23)17-6-2-5-9-20(17)29(31)32/h2-9,16,21H,10-15H2,1H3,(H,25,30). The van der Waals surface area contributed by atoms with E-state index in [0.717, 1.165) is 26.2 Å². The summed E-state index contributed by atoms with van der Waals surface area (Å²) < 4.78 is 5.75. The van der Waals surface area contributed by atoms with Gasteiger partial charge in [0.25, 0.3) is 11.6 Å². The Morgan fingerprint density at radius 2 is 1.91 bits per heavy atom. The summed E-state index contributed by atoms with van der Waals surface area (Å²) in [6.45, 7) is 4.93. The van der Waals surface area contributed by atoms with Gasteiger partial charge in [-0.25, -0.2) is 4.99 Å². The van der Waals surface area contributed by atoms with E-state index < -0.39 is 22.5 Å². The zero-order valence-corrected chi connectivity index (χ0v) is 19.1. The molecule has 174 valence electrons. The second-order valence-corrected chi connectivity index (χ2v) is 8.62. The number of nitrogens with one attached hydrogen (secondary N) is 1. The summed E-state index contributed by atoms with van der Waals surface area (Å²) in [5, 5.41) is 15.0. The van der Waals surface area contributed by atoms with Crippen molar-refractivity contribution < 1.29 is 14.5 Å². The third-order valence-corrected chi connectivity index (χ3v) is 6.52. The van der Waals surface area contributed by atoms with E-state index in [-0.39, 0.29) is 11.3 Å². The van der Waals surface area contributed by atoms with E-state index >= 15 is 0 Å². The second-order valence-electron chi connectivity index (χ2n) is 8.21. The summed E-state index contributed by atoms with van der Waals surface area (Å²) in [5.74, 6) is -0.415. The number of piperazine rings is 1. The maximum atomic E-state index is 13.7. The Labute approximate surface area is 197 Å². The van der Waals surface area contributed by atoms with Crippen LogP contribution in [0.3, 0.4) is 0 Å². The molecule has 0 spiro atoms. The normalized spacial score (nSPS) is 23.3. The quantitative estimate of drug-likeness (QED) is 0.492. The highest BCUT2D eigenvalue weighted by atomic mass is 35.5. The monoisotopic (exact) mass is 471 g/mol. The third-order valence-electron chi connectivity index (χ3n) is 6.19. The van der Waals surface area contributed by atoms with Crippen LogP contribution >= 0.6 is 11.6 Å². The van der Waals surface area contributed by atoms with Crippen LogP contribution in [0.4, 0.5) is 5.69 Å². The molecule has 0 saturated carbocycles. The lowest BCUT2D eigenvalue weighted by Gasteiger charge is -2.34. The van der Waals surface area contributed by atoms with E-state index in [0.29, 0.717) is 23.7 Å². The van der Waals surface area contributed by atoms with Gasteiger partial charge in [-0.2, -0.15) is 0 Å². The molecule has 0 aromatic heterocycles. The molecule has 0 aliphatic carbocycles. The van der Waals surface area contributed by atoms with Crippen molar-refractivity contribution in [2.75, 3.05) is 46.3 Å². The Kier molecular flexibility index (Phi) is 6.92. The number of para-hydroxylation sites is 1. The van der Waals surface area contributed by atoms with Crippen molar-refractivity contribution in [3.05, 3.63) is 74.8 Å². The smallest absolute Gasteiger partial charge is 0.276 e. The Morgan fingerprint density at radius 1 is 1.21 bits per heavy atom. The third kappa shape index (κ3) is 4.57. The van der Waals surface area contributed by atoms with Crippen molar-refractivity contribution in [1.82, 2.24) is 15.1 Å². The van der Waals surface area contributed by atoms with Gasteiger partial charge in [0.05, 0.1) is 10.5 Å². The minimum absolute atomic E-state index is 0.144. The number of nitro benzene ring substituents is 1. The number of halogens is 1. The maximum absolute atomic E-state index is 13.7. The summed E-state index contributed by atoms with van der Waals surface area (Å²) >= 11 is 6.51. The molecule has 1 fully saturated rings. The van der Waals surface area contributed by atoms with Crippen LogP contribution in [0, 0.1) is 10.1 Å². The molecule has 9 nitrogen and oxygen atoms in total. The molecule has 2 atom stereocenters. The van der Waals surface area contributed by atoms with Gasteiger partial charge in [-0.1, -0.05) is 41.9 Å². The Balaban J connectivity index is 1.65. The van der Waals surface area contributed by atoms with E-state index in [2.05, 4.69) is 27.2 Å². The lowest BCUT2D eigenvalue weighted by Crippen LogP contribution is -2.50. The number of benzene rings is 2. The highest BCUT2D eigenvalue weighted by Crippen LogP contribution is 2.48. The molecule has 1 saturated heterocycles. The number of hydrogen-bond acceptors (Lipinski definition) is 7. The molecule has 2 aliphatic heterocycles. The van der Waals surface area contributed by atoms with Gasteiger partial charge in [0, 0.05) is 55.9 Å². The van der Waals surface area contributed by atoms with Gasteiger partial charge < -0.3 is 15.0 Å². The van der Waals surface area contributed by atoms with Crippen LogP contribution in [0.5, 0.6) is 0 Å². The van der Waals surface area contributed by atoms with Crippen molar-refractivity contribution in [2.24, 2.45) is 4.99 Å². The van der Waals surface area contributed by atoms with Crippen molar-refractivity contribution in [2.45, 2.75) is 11.6 Å². The van der Waals surface area contributed by atoms with E-state index in [1.54, 1.807) is 42.5 Å². The molecular weight excluding hydrogens is 446 g/mol. The van der Waals surface area contributed by atoms with Crippen LogP contribution in [0.2, 0.25) is 5.02 Å². The summed E-state index contributed by atoms with van der Waals surface area (Å²) in [6, 6.07) is 13.1. The van der Waals surface area contributed by atoms with Crippen LogP contribution < -0.4 is 5.32 Å². The number of aliphatic imine (C=N–C) groups is 1. The zero-order valence-electron chi connectivity index (χ0n) is 18.3. The highest BCUT2D eigenvalue weighted by Gasteiger charge is 2.54. The molecule has 10 heteroatoms. The summed E-state index contributed by atoms with van der Waals surface area (Å²) in [5.41, 5.74) is -1.04. The summed E-state index contributed by atoms with van der Waals surface area (Å²) in [6.07, 6.45) is 0.146. The second kappa shape index (κ2) is 9.86. The van der Waals surface area contributed by atoms with Gasteiger partial charge >= 0.3 is 0 Å². The molecule has 33 heavy (non-hydrogen) atoms. The molecule has 0 radical (unpaired) electrons. The Bertz CT molecular complexity index is 1060. The topological polar surface area (TPSA) is 100 Å². The van der Waals surface area contributed by atoms with Crippen LogP contribution in [-0.2, 0) is 15.1 Å². The molecule has 4 rings (SSSR count). The average Bonchev–Trinajstić information content (AvgIpc) is 3.26. The molecule has 2 aromatic carbocycles. The van der Waals surface area contributed by atoms with Gasteiger partial charge in [0.15, 0.2) is 12.5 Å². The van der Waals surface area contributed by atoms with Crippen molar-refractivity contribution in [1.29, 1.82) is 0 Å². The van der Waals surface area contributed by atoms with Crippen molar-refractivity contribution in [3.8, 4) is 0 Å². The first-order chi connectivity index (χ1) is 15.9. The predicted octanol–water partition coefficient (Wildman–Crippen LogP) is 2.61.